The van der Waals surface area contributed by atoms with E-state index in [1.54, 1.807) is 6.08 Å². The smallest absolute Gasteiger partial charge is 0.371 e. The first-order chi connectivity index (χ1) is 9.38. The molecule has 1 aromatic rings. The summed E-state index contributed by atoms with van der Waals surface area (Å²) in [6.07, 6.45) is 2.38. The highest BCUT2D eigenvalue weighted by molar-refractivity contribution is 9.10. The van der Waals surface area contributed by atoms with Crippen molar-refractivity contribution in [3.05, 3.63) is 29.2 Å². The topological polar surface area (TPSA) is 106 Å². The maximum atomic E-state index is 11.9. The molecule has 0 aliphatic carbocycles. The first-order valence-electron chi connectivity index (χ1n) is 5.59. The van der Waals surface area contributed by atoms with Gasteiger partial charge >= 0.3 is 5.97 Å². The monoisotopic (exact) mass is 367 g/mol. The molecule has 0 unspecified atom stereocenters. The van der Waals surface area contributed by atoms with Gasteiger partial charge in [0.15, 0.2) is 4.67 Å². The van der Waals surface area contributed by atoms with E-state index in [1.807, 2.05) is 0 Å². The molecule has 0 spiro atoms. The molecule has 0 aromatic carbocycles. The van der Waals surface area contributed by atoms with Gasteiger partial charge in [-0.2, -0.15) is 0 Å². The molecule has 1 aromatic heterocycles. The lowest BCUT2D eigenvalue weighted by Gasteiger charge is -2.05. The molecule has 112 valence electrons. The van der Waals surface area contributed by atoms with Crippen LogP contribution in [-0.4, -0.2) is 39.3 Å². The van der Waals surface area contributed by atoms with Gasteiger partial charge in [-0.15, -0.1) is 6.58 Å². The Bertz CT molecular complexity index is 580. The number of carbonyl (C=O) groups is 1. The maximum Gasteiger partial charge on any atom is 0.371 e. The SMILES string of the molecule is C=CCCOCCNS(=O)(=O)c1cc(C(=O)O)oc1Br. The highest BCUT2D eigenvalue weighted by atomic mass is 79.9. The summed E-state index contributed by atoms with van der Waals surface area (Å²) >= 11 is 2.87. The summed E-state index contributed by atoms with van der Waals surface area (Å²) in [6.45, 7) is 4.26. The van der Waals surface area contributed by atoms with Gasteiger partial charge < -0.3 is 14.3 Å². The molecule has 9 heteroatoms. The summed E-state index contributed by atoms with van der Waals surface area (Å²) in [7, 11) is -3.85. The Morgan fingerprint density at radius 1 is 1.55 bits per heavy atom. The van der Waals surface area contributed by atoms with E-state index in [9.17, 15) is 13.2 Å². The van der Waals surface area contributed by atoms with Crippen molar-refractivity contribution in [2.24, 2.45) is 0 Å². The highest BCUT2D eigenvalue weighted by Gasteiger charge is 2.24. The number of nitrogens with one attached hydrogen (secondary N) is 1. The van der Waals surface area contributed by atoms with Crippen LogP contribution < -0.4 is 4.72 Å². The number of hydrogen-bond donors (Lipinski definition) is 2. The van der Waals surface area contributed by atoms with Crippen molar-refractivity contribution in [1.82, 2.24) is 4.72 Å². The van der Waals surface area contributed by atoms with Crippen LogP contribution in [0.1, 0.15) is 17.0 Å². The van der Waals surface area contributed by atoms with Crippen LogP contribution in [0, 0.1) is 0 Å². The van der Waals surface area contributed by atoms with E-state index in [-0.39, 0.29) is 22.7 Å². The molecule has 0 radical (unpaired) electrons. The average Bonchev–Trinajstić information content (AvgIpc) is 2.77. The molecule has 7 nitrogen and oxygen atoms in total. The van der Waals surface area contributed by atoms with E-state index in [4.69, 9.17) is 14.3 Å². The Kier molecular flexibility index (Phi) is 6.40. The maximum absolute atomic E-state index is 11.9. The lowest BCUT2D eigenvalue weighted by atomic mass is 10.5. The van der Waals surface area contributed by atoms with Gasteiger partial charge in [-0.3, -0.25) is 0 Å². The number of aromatic carboxylic acids is 1. The Balaban J connectivity index is 2.60. The number of hydrogen-bond acceptors (Lipinski definition) is 5. The van der Waals surface area contributed by atoms with Crippen molar-refractivity contribution in [3.63, 3.8) is 0 Å². The zero-order valence-electron chi connectivity index (χ0n) is 10.5. The van der Waals surface area contributed by atoms with Gasteiger partial charge in [-0.05, 0) is 22.4 Å². The first kappa shape index (κ1) is 16.9. The van der Waals surface area contributed by atoms with Gasteiger partial charge in [0.2, 0.25) is 15.8 Å². The minimum absolute atomic E-state index is 0.0689. The molecule has 0 saturated heterocycles. The Labute approximate surface area is 124 Å². The highest BCUT2D eigenvalue weighted by Crippen LogP contribution is 2.25. The van der Waals surface area contributed by atoms with Gasteiger partial charge in [0, 0.05) is 12.6 Å². The van der Waals surface area contributed by atoms with Gasteiger partial charge in [0.1, 0.15) is 4.90 Å². The number of carboxylic acid groups (broad SMARTS) is 1. The van der Waals surface area contributed by atoms with Gasteiger partial charge in [-0.25, -0.2) is 17.9 Å². The molecule has 0 aliphatic rings. The molecule has 20 heavy (non-hydrogen) atoms. The van der Waals surface area contributed by atoms with Crippen LogP contribution in [0.5, 0.6) is 0 Å². The van der Waals surface area contributed by atoms with Crippen molar-refractivity contribution in [3.8, 4) is 0 Å². The normalized spacial score (nSPS) is 11.4. The van der Waals surface area contributed by atoms with Gasteiger partial charge in [-0.1, -0.05) is 6.08 Å². The predicted octanol–water partition coefficient (Wildman–Crippen LogP) is 1.61. The van der Waals surface area contributed by atoms with Crippen LogP contribution in [0.25, 0.3) is 0 Å². The molecular weight excluding hydrogens is 354 g/mol. The first-order valence-corrected chi connectivity index (χ1v) is 7.87. The lowest BCUT2D eigenvalue weighted by Crippen LogP contribution is -2.27. The minimum atomic E-state index is -3.85. The van der Waals surface area contributed by atoms with E-state index < -0.39 is 21.8 Å². The van der Waals surface area contributed by atoms with E-state index in [2.05, 4.69) is 27.2 Å². The molecule has 0 aliphatic heterocycles. The van der Waals surface area contributed by atoms with Crippen molar-refractivity contribution in [1.29, 1.82) is 0 Å². The third-order valence-corrected chi connectivity index (χ3v) is 4.48. The molecule has 0 bridgehead atoms. The van der Waals surface area contributed by atoms with Crippen LogP contribution in [0.15, 0.2) is 32.7 Å². The van der Waals surface area contributed by atoms with Crippen LogP contribution in [0.2, 0.25) is 0 Å². The summed E-state index contributed by atoms with van der Waals surface area (Å²) in [5.41, 5.74) is 0. The summed E-state index contributed by atoms with van der Waals surface area (Å²) < 4.78 is 35.9. The second kappa shape index (κ2) is 7.58. The number of ether oxygens (including phenoxy) is 1. The molecule has 0 amide bonds. The second-order valence-electron chi connectivity index (χ2n) is 3.64. The Morgan fingerprint density at radius 2 is 2.25 bits per heavy atom. The van der Waals surface area contributed by atoms with Crippen molar-refractivity contribution in [2.45, 2.75) is 11.3 Å². The summed E-state index contributed by atoms with van der Waals surface area (Å²) in [6, 6.07) is 0.938. The molecule has 1 rings (SSSR count). The zero-order chi connectivity index (χ0) is 15.2. The molecule has 0 fully saturated rings. The third-order valence-electron chi connectivity index (χ3n) is 2.16. The van der Waals surface area contributed by atoms with Crippen LogP contribution >= 0.6 is 15.9 Å². The lowest BCUT2D eigenvalue weighted by molar-refractivity contribution is 0.0661. The van der Waals surface area contributed by atoms with Gasteiger partial charge in [0.25, 0.3) is 0 Å². The number of carboxylic acids is 1. The molecule has 1 heterocycles. The standard InChI is InChI=1S/C11H14BrNO6S/c1-2-3-5-18-6-4-13-20(16,17)9-7-8(11(14)15)19-10(9)12/h2,7,13H,1,3-6H2,(H,14,15). The number of rotatable bonds is 9. The number of halogens is 1. The third kappa shape index (κ3) is 4.75. The molecular formula is C11H14BrNO6S. The summed E-state index contributed by atoms with van der Waals surface area (Å²) in [5.74, 6) is -1.81. The Morgan fingerprint density at radius 3 is 2.80 bits per heavy atom. The number of furan rings is 1. The van der Waals surface area contributed by atoms with E-state index in [0.29, 0.717) is 13.0 Å². The average molecular weight is 368 g/mol. The summed E-state index contributed by atoms with van der Waals surface area (Å²) in [4.78, 5) is 10.4. The largest absolute Gasteiger partial charge is 0.475 e. The summed E-state index contributed by atoms with van der Waals surface area (Å²) in [5, 5.41) is 8.73. The Hall–Kier alpha value is -1.16. The van der Waals surface area contributed by atoms with Crippen LogP contribution in [-0.2, 0) is 14.8 Å². The number of sulfonamides is 1. The fourth-order valence-electron chi connectivity index (χ4n) is 1.24. The van der Waals surface area contributed by atoms with Crippen molar-refractivity contribution < 1.29 is 27.5 Å². The van der Waals surface area contributed by atoms with Crippen LogP contribution in [0.3, 0.4) is 0 Å². The second-order valence-corrected chi connectivity index (χ2v) is 6.10. The predicted molar refractivity (Wildman–Crippen MR) is 74.2 cm³/mol. The zero-order valence-corrected chi connectivity index (χ0v) is 12.9. The van der Waals surface area contributed by atoms with E-state index in [1.165, 1.54) is 0 Å². The fraction of sp³-hybridized carbons (Fsp3) is 0.364. The van der Waals surface area contributed by atoms with Crippen molar-refractivity contribution >= 4 is 31.9 Å². The van der Waals surface area contributed by atoms with Crippen molar-refractivity contribution in [2.75, 3.05) is 19.8 Å². The fourth-order valence-corrected chi connectivity index (χ4v) is 3.19. The van der Waals surface area contributed by atoms with E-state index >= 15 is 0 Å². The molecule has 0 saturated carbocycles. The van der Waals surface area contributed by atoms with Gasteiger partial charge in [0.05, 0.1) is 13.2 Å². The minimum Gasteiger partial charge on any atom is -0.475 e. The van der Waals surface area contributed by atoms with E-state index in [0.717, 1.165) is 6.07 Å². The molecule has 2 N–H and O–H groups in total. The van der Waals surface area contributed by atoms with Crippen LogP contribution in [0.4, 0.5) is 0 Å². The quantitative estimate of drug-likeness (QED) is 0.507. The molecule has 0 atom stereocenters.